The Morgan fingerprint density at radius 3 is 2.29 bits per heavy atom. The largest absolute Gasteiger partial charge is 0.329 e. The molecule has 0 saturated carbocycles. The van der Waals surface area contributed by atoms with Crippen molar-refractivity contribution in [2.75, 3.05) is 13.1 Å². The van der Waals surface area contributed by atoms with E-state index in [0.29, 0.717) is 6.54 Å². The SMILES string of the molecule is CC1=C(C)NC(=O)CN(C(C)(C)C)C1. The normalized spacial score (nSPS) is 20.8. The van der Waals surface area contributed by atoms with E-state index in [0.717, 1.165) is 12.2 Å². The lowest BCUT2D eigenvalue weighted by Crippen LogP contribution is -2.45. The van der Waals surface area contributed by atoms with Crippen LogP contribution in [0.4, 0.5) is 0 Å². The van der Waals surface area contributed by atoms with E-state index < -0.39 is 0 Å². The zero-order valence-electron chi connectivity index (χ0n) is 9.77. The number of carbonyl (C=O) groups is 1. The summed E-state index contributed by atoms with van der Waals surface area (Å²) in [6.07, 6.45) is 0. The zero-order valence-corrected chi connectivity index (χ0v) is 9.77. The molecule has 0 aromatic heterocycles. The average molecular weight is 196 g/mol. The standard InChI is InChI=1S/C11H20N2O/c1-8-6-13(11(3,4)5)7-10(14)12-9(8)2/h6-7H2,1-5H3,(H,12,14). The van der Waals surface area contributed by atoms with Gasteiger partial charge in [-0.25, -0.2) is 0 Å². The summed E-state index contributed by atoms with van der Waals surface area (Å²) in [5.74, 6) is 0.0919. The van der Waals surface area contributed by atoms with Gasteiger partial charge in [-0.05, 0) is 40.2 Å². The van der Waals surface area contributed by atoms with E-state index in [9.17, 15) is 4.79 Å². The van der Waals surface area contributed by atoms with Crippen LogP contribution in [0.1, 0.15) is 34.6 Å². The van der Waals surface area contributed by atoms with Crippen LogP contribution in [0, 0.1) is 0 Å². The van der Waals surface area contributed by atoms with Gasteiger partial charge in [0.25, 0.3) is 0 Å². The third kappa shape index (κ3) is 2.58. The van der Waals surface area contributed by atoms with Crippen molar-refractivity contribution in [3.63, 3.8) is 0 Å². The van der Waals surface area contributed by atoms with Gasteiger partial charge in [0, 0.05) is 17.8 Å². The summed E-state index contributed by atoms with van der Waals surface area (Å²) in [5.41, 5.74) is 2.29. The molecule has 0 bridgehead atoms. The lowest BCUT2D eigenvalue weighted by atomic mass is 10.1. The summed E-state index contributed by atoms with van der Waals surface area (Å²) in [5, 5.41) is 2.89. The topological polar surface area (TPSA) is 32.3 Å². The number of hydrogen-bond donors (Lipinski definition) is 1. The molecule has 14 heavy (non-hydrogen) atoms. The van der Waals surface area contributed by atoms with Crippen molar-refractivity contribution in [1.29, 1.82) is 0 Å². The van der Waals surface area contributed by atoms with Gasteiger partial charge < -0.3 is 5.32 Å². The summed E-state index contributed by atoms with van der Waals surface area (Å²) < 4.78 is 0. The smallest absolute Gasteiger partial charge is 0.238 e. The van der Waals surface area contributed by atoms with E-state index in [-0.39, 0.29) is 11.4 Å². The number of nitrogens with one attached hydrogen (secondary N) is 1. The van der Waals surface area contributed by atoms with Crippen molar-refractivity contribution in [3.8, 4) is 0 Å². The predicted octanol–water partition coefficient (Wildman–Crippen LogP) is 1.51. The quantitative estimate of drug-likeness (QED) is 0.637. The first-order valence-electron chi connectivity index (χ1n) is 5.02. The van der Waals surface area contributed by atoms with Crippen LogP contribution in [0.15, 0.2) is 11.3 Å². The molecule has 1 aliphatic rings. The predicted molar refractivity (Wildman–Crippen MR) is 57.8 cm³/mol. The maximum atomic E-state index is 11.5. The minimum absolute atomic E-state index is 0.0449. The van der Waals surface area contributed by atoms with Crippen LogP contribution in [0.5, 0.6) is 0 Å². The Bertz CT molecular complexity index is 274. The molecule has 1 rings (SSSR count). The molecular formula is C11H20N2O. The monoisotopic (exact) mass is 196 g/mol. The summed E-state index contributed by atoms with van der Waals surface area (Å²) in [4.78, 5) is 13.7. The van der Waals surface area contributed by atoms with Crippen molar-refractivity contribution < 1.29 is 4.79 Å². The summed E-state index contributed by atoms with van der Waals surface area (Å²) in [6, 6.07) is 0. The second kappa shape index (κ2) is 3.73. The number of hydrogen-bond acceptors (Lipinski definition) is 2. The maximum Gasteiger partial charge on any atom is 0.238 e. The molecule has 1 heterocycles. The highest BCUT2D eigenvalue weighted by atomic mass is 16.2. The van der Waals surface area contributed by atoms with Gasteiger partial charge in [-0.15, -0.1) is 0 Å². The first-order chi connectivity index (χ1) is 6.30. The highest BCUT2D eigenvalue weighted by Gasteiger charge is 2.26. The van der Waals surface area contributed by atoms with Crippen molar-refractivity contribution in [2.45, 2.75) is 40.2 Å². The van der Waals surface area contributed by atoms with Gasteiger partial charge in [0.15, 0.2) is 0 Å². The summed E-state index contributed by atoms with van der Waals surface area (Å²) >= 11 is 0. The molecule has 3 nitrogen and oxygen atoms in total. The Morgan fingerprint density at radius 2 is 1.79 bits per heavy atom. The van der Waals surface area contributed by atoms with E-state index in [1.54, 1.807) is 0 Å². The lowest BCUT2D eigenvalue weighted by molar-refractivity contribution is -0.122. The number of amides is 1. The van der Waals surface area contributed by atoms with Gasteiger partial charge in [-0.3, -0.25) is 9.69 Å². The second-order valence-corrected chi connectivity index (χ2v) is 4.98. The molecule has 0 atom stereocenters. The van der Waals surface area contributed by atoms with Gasteiger partial charge in [0.1, 0.15) is 0 Å². The molecule has 0 aromatic rings. The van der Waals surface area contributed by atoms with Gasteiger partial charge in [0.05, 0.1) is 6.54 Å². The molecular weight excluding hydrogens is 176 g/mol. The Morgan fingerprint density at radius 1 is 1.21 bits per heavy atom. The molecule has 0 aromatic carbocycles. The van der Waals surface area contributed by atoms with Crippen LogP contribution in [0.3, 0.4) is 0 Å². The van der Waals surface area contributed by atoms with Crippen molar-refractivity contribution >= 4 is 5.91 Å². The van der Waals surface area contributed by atoms with Crippen molar-refractivity contribution in [3.05, 3.63) is 11.3 Å². The molecule has 0 unspecified atom stereocenters. The van der Waals surface area contributed by atoms with E-state index in [1.165, 1.54) is 5.57 Å². The van der Waals surface area contributed by atoms with Gasteiger partial charge in [0.2, 0.25) is 5.91 Å². The van der Waals surface area contributed by atoms with E-state index in [1.807, 2.05) is 6.92 Å². The van der Waals surface area contributed by atoms with Crippen LogP contribution in [0.2, 0.25) is 0 Å². The Hall–Kier alpha value is -0.830. The van der Waals surface area contributed by atoms with Gasteiger partial charge >= 0.3 is 0 Å². The van der Waals surface area contributed by atoms with Gasteiger partial charge in [-0.2, -0.15) is 0 Å². The Labute approximate surface area is 86.2 Å². The highest BCUT2D eigenvalue weighted by Crippen LogP contribution is 2.17. The van der Waals surface area contributed by atoms with Crippen LogP contribution in [-0.2, 0) is 4.79 Å². The lowest BCUT2D eigenvalue weighted by Gasteiger charge is -2.33. The number of rotatable bonds is 0. The third-order valence-electron chi connectivity index (χ3n) is 2.68. The fraction of sp³-hybridized carbons (Fsp3) is 0.727. The second-order valence-electron chi connectivity index (χ2n) is 4.98. The molecule has 0 radical (unpaired) electrons. The maximum absolute atomic E-state index is 11.5. The van der Waals surface area contributed by atoms with Crippen LogP contribution >= 0.6 is 0 Å². The fourth-order valence-corrected chi connectivity index (χ4v) is 1.46. The summed E-state index contributed by atoms with van der Waals surface area (Å²) in [6.45, 7) is 11.8. The van der Waals surface area contributed by atoms with Gasteiger partial charge in [-0.1, -0.05) is 0 Å². The van der Waals surface area contributed by atoms with Crippen LogP contribution in [0.25, 0.3) is 0 Å². The molecule has 1 N–H and O–H groups in total. The number of carbonyl (C=O) groups excluding carboxylic acids is 1. The molecule has 80 valence electrons. The van der Waals surface area contributed by atoms with E-state index >= 15 is 0 Å². The molecule has 0 saturated heterocycles. The van der Waals surface area contributed by atoms with Crippen LogP contribution in [-0.4, -0.2) is 29.4 Å². The minimum atomic E-state index is 0.0449. The first kappa shape index (κ1) is 11.2. The number of nitrogens with zero attached hydrogens (tertiary/aromatic N) is 1. The summed E-state index contributed by atoms with van der Waals surface area (Å²) in [7, 11) is 0. The Balaban J connectivity index is 2.88. The zero-order chi connectivity index (χ0) is 10.9. The van der Waals surface area contributed by atoms with E-state index in [4.69, 9.17) is 0 Å². The minimum Gasteiger partial charge on any atom is -0.329 e. The average Bonchev–Trinajstić information content (AvgIpc) is 2.11. The Kier molecular flexibility index (Phi) is 3.00. The molecule has 1 amide bonds. The first-order valence-corrected chi connectivity index (χ1v) is 5.02. The molecule has 0 fully saturated rings. The van der Waals surface area contributed by atoms with Crippen LogP contribution < -0.4 is 5.32 Å². The molecule has 0 aliphatic carbocycles. The van der Waals surface area contributed by atoms with Crippen molar-refractivity contribution in [2.24, 2.45) is 0 Å². The molecule has 0 spiro atoms. The third-order valence-corrected chi connectivity index (χ3v) is 2.68. The fourth-order valence-electron chi connectivity index (χ4n) is 1.46. The molecule has 1 aliphatic heterocycles. The molecule has 3 heteroatoms. The van der Waals surface area contributed by atoms with Crippen molar-refractivity contribution in [1.82, 2.24) is 10.2 Å². The van der Waals surface area contributed by atoms with E-state index in [2.05, 4.69) is 37.9 Å². The number of allylic oxidation sites excluding steroid dienone is 1. The highest BCUT2D eigenvalue weighted by molar-refractivity contribution is 5.80.